The van der Waals surface area contributed by atoms with Crippen molar-refractivity contribution in [3.8, 4) is 0 Å². The summed E-state index contributed by atoms with van der Waals surface area (Å²) < 4.78 is 26.5. The first-order chi connectivity index (χ1) is 12.0. The molecule has 0 N–H and O–H groups in total. The first kappa shape index (κ1) is 24.6. The van der Waals surface area contributed by atoms with Crippen LogP contribution in [-0.2, 0) is 28.5 Å². The molecule has 0 amide bonds. The molecule has 0 unspecified atom stereocenters. The third-order valence-electron chi connectivity index (χ3n) is 2.93. The molecule has 0 heterocycles. The van der Waals surface area contributed by atoms with E-state index < -0.39 is 5.60 Å². The summed E-state index contributed by atoms with van der Waals surface area (Å²) in [6.07, 6.45) is 4.49. The van der Waals surface area contributed by atoms with Crippen LogP contribution < -0.4 is 0 Å². The Hall–Kier alpha value is -0.400. The van der Waals surface area contributed by atoms with Crippen LogP contribution in [0.25, 0.3) is 0 Å². The van der Waals surface area contributed by atoms with Gasteiger partial charge in [0.05, 0.1) is 39.6 Å². The van der Waals surface area contributed by atoms with Gasteiger partial charge < -0.3 is 23.7 Å². The lowest BCUT2D eigenvalue weighted by Crippen LogP contribution is -2.27. The summed E-state index contributed by atoms with van der Waals surface area (Å²) in [6, 6.07) is 0. The zero-order valence-corrected chi connectivity index (χ0v) is 16.8. The Morgan fingerprint density at radius 2 is 1.20 bits per heavy atom. The monoisotopic (exact) mass is 382 g/mol. The maximum Gasteiger partial charge on any atom is 0.332 e. The van der Waals surface area contributed by atoms with E-state index in [2.05, 4.69) is 0 Å². The summed E-state index contributed by atoms with van der Waals surface area (Å²) in [5, 5.41) is 0. The predicted molar refractivity (Wildman–Crippen MR) is 98.3 cm³/mol. The highest BCUT2D eigenvalue weighted by Crippen LogP contribution is 2.06. The van der Waals surface area contributed by atoms with Crippen LogP contribution in [0.3, 0.4) is 0 Å². The highest BCUT2D eigenvalue weighted by atomic mass is 35.5. The van der Waals surface area contributed by atoms with Crippen LogP contribution in [0.2, 0.25) is 0 Å². The molecule has 0 spiro atoms. The maximum absolute atomic E-state index is 11.4. The molecular formula is C18H35ClO6. The minimum absolute atomic E-state index is 0.0552. The van der Waals surface area contributed by atoms with Crippen molar-refractivity contribution in [1.82, 2.24) is 0 Å². The molecule has 0 saturated heterocycles. The molecule has 6 nitrogen and oxygen atoms in total. The van der Waals surface area contributed by atoms with E-state index in [1.54, 1.807) is 0 Å². The summed E-state index contributed by atoms with van der Waals surface area (Å²) in [5.74, 6) is 0.377. The van der Waals surface area contributed by atoms with Crippen molar-refractivity contribution >= 4 is 17.6 Å². The fourth-order valence-electron chi connectivity index (χ4n) is 1.84. The van der Waals surface area contributed by atoms with Crippen LogP contribution in [-0.4, -0.2) is 70.3 Å². The largest absolute Gasteiger partial charge is 0.458 e. The second-order valence-corrected chi connectivity index (χ2v) is 6.96. The van der Waals surface area contributed by atoms with Gasteiger partial charge >= 0.3 is 5.97 Å². The third-order valence-corrected chi connectivity index (χ3v) is 3.20. The van der Waals surface area contributed by atoms with E-state index in [-0.39, 0.29) is 12.6 Å². The molecule has 0 atom stereocenters. The van der Waals surface area contributed by atoms with E-state index in [0.717, 1.165) is 31.7 Å². The van der Waals surface area contributed by atoms with Gasteiger partial charge in [0.2, 0.25) is 0 Å². The molecule has 0 aromatic carbocycles. The zero-order valence-electron chi connectivity index (χ0n) is 16.0. The number of carbonyl (C=O) groups is 1. The van der Waals surface area contributed by atoms with Crippen LogP contribution in [0.15, 0.2) is 0 Å². The van der Waals surface area contributed by atoms with Gasteiger partial charge in [0.15, 0.2) is 0 Å². The van der Waals surface area contributed by atoms with Gasteiger partial charge in [-0.05, 0) is 33.6 Å². The molecule has 25 heavy (non-hydrogen) atoms. The number of unbranched alkanes of at least 4 members (excludes halogenated alkanes) is 3. The number of hydrogen-bond donors (Lipinski definition) is 0. The van der Waals surface area contributed by atoms with Crippen molar-refractivity contribution < 1.29 is 28.5 Å². The number of rotatable bonds is 17. The average Bonchev–Trinajstić information content (AvgIpc) is 2.53. The standard InChI is InChI=1S/C18H35ClO6/c1-18(2,3)25-17(20)16-24-15-14-23-13-12-22-11-10-21-9-7-5-4-6-8-19/h4-16H2,1-3H3. The second-order valence-electron chi connectivity index (χ2n) is 6.58. The number of ether oxygens (including phenoxy) is 5. The Balaban J connectivity index is 3.13. The summed E-state index contributed by atoms with van der Waals surface area (Å²) in [6.45, 7) is 9.15. The molecule has 0 aromatic heterocycles. The minimum atomic E-state index is -0.484. The fraction of sp³-hybridized carbons (Fsp3) is 0.944. The molecule has 0 rings (SSSR count). The van der Waals surface area contributed by atoms with Crippen LogP contribution in [0.1, 0.15) is 46.5 Å². The van der Waals surface area contributed by atoms with Crippen LogP contribution in [0, 0.1) is 0 Å². The van der Waals surface area contributed by atoms with Crippen molar-refractivity contribution in [1.29, 1.82) is 0 Å². The number of esters is 1. The van der Waals surface area contributed by atoms with Gasteiger partial charge in [0, 0.05) is 12.5 Å². The highest BCUT2D eigenvalue weighted by molar-refractivity contribution is 6.17. The van der Waals surface area contributed by atoms with Crippen molar-refractivity contribution in [3.05, 3.63) is 0 Å². The molecule has 0 aliphatic heterocycles. The Morgan fingerprint density at radius 1 is 0.720 bits per heavy atom. The van der Waals surface area contributed by atoms with Gasteiger partial charge in [-0.15, -0.1) is 11.6 Å². The summed E-state index contributed by atoms with van der Waals surface area (Å²) in [7, 11) is 0. The smallest absolute Gasteiger partial charge is 0.332 e. The number of carbonyl (C=O) groups excluding carboxylic acids is 1. The van der Waals surface area contributed by atoms with Crippen LogP contribution in [0.5, 0.6) is 0 Å². The highest BCUT2D eigenvalue weighted by Gasteiger charge is 2.15. The SMILES string of the molecule is CC(C)(C)OC(=O)COCCOCCOCCOCCCCCCCl. The second kappa shape index (κ2) is 17.0. The zero-order chi connectivity index (χ0) is 18.8. The van der Waals surface area contributed by atoms with Crippen molar-refractivity contribution in [2.45, 2.75) is 52.1 Å². The van der Waals surface area contributed by atoms with Gasteiger partial charge in [0.1, 0.15) is 12.2 Å². The van der Waals surface area contributed by atoms with Crippen LogP contribution >= 0.6 is 11.6 Å². The Bertz CT molecular complexity index is 306. The lowest BCUT2D eigenvalue weighted by atomic mass is 10.2. The topological polar surface area (TPSA) is 63.2 Å². The van der Waals surface area contributed by atoms with E-state index in [1.165, 1.54) is 6.42 Å². The maximum atomic E-state index is 11.4. The van der Waals surface area contributed by atoms with Gasteiger partial charge in [0.25, 0.3) is 0 Å². The predicted octanol–water partition coefficient (Wildman–Crippen LogP) is 3.19. The molecule has 150 valence electrons. The van der Waals surface area contributed by atoms with E-state index in [9.17, 15) is 4.79 Å². The lowest BCUT2D eigenvalue weighted by Gasteiger charge is -2.19. The first-order valence-electron chi connectivity index (χ1n) is 9.04. The first-order valence-corrected chi connectivity index (χ1v) is 9.58. The van der Waals surface area contributed by atoms with E-state index in [4.69, 9.17) is 35.3 Å². The number of alkyl halides is 1. The average molecular weight is 383 g/mol. The molecule has 0 fully saturated rings. The van der Waals surface area contributed by atoms with Crippen LogP contribution in [0.4, 0.5) is 0 Å². The van der Waals surface area contributed by atoms with Crippen molar-refractivity contribution in [3.63, 3.8) is 0 Å². The molecule has 0 aromatic rings. The molecule has 0 radical (unpaired) electrons. The van der Waals surface area contributed by atoms with E-state index in [0.29, 0.717) is 39.6 Å². The fourth-order valence-corrected chi connectivity index (χ4v) is 2.03. The van der Waals surface area contributed by atoms with Gasteiger partial charge in [-0.1, -0.05) is 12.8 Å². The molecule has 0 aliphatic rings. The van der Waals surface area contributed by atoms with E-state index >= 15 is 0 Å². The third kappa shape index (κ3) is 21.6. The number of hydrogen-bond acceptors (Lipinski definition) is 6. The number of halogens is 1. The Morgan fingerprint density at radius 3 is 1.72 bits per heavy atom. The Labute approximate surface area is 157 Å². The van der Waals surface area contributed by atoms with E-state index in [1.807, 2.05) is 20.8 Å². The van der Waals surface area contributed by atoms with Crippen molar-refractivity contribution in [2.24, 2.45) is 0 Å². The molecule has 0 aliphatic carbocycles. The molecule has 0 saturated carbocycles. The van der Waals surface area contributed by atoms with Crippen molar-refractivity contribution in [2.75, 3.05) is 58.7 Å². The van der Waals surface area contributed by atoms with Gasteiger partial charge in [-0.3, -0.25) is 0 Å². The minimum Gasteiger partial charge on any atom is -0.458 e. The lowest BCUT2D eigenvalue weighted by molar-refractivity contribution is -0.160. The molecule has 7 heteroatoms. The molecule has 0 bridgehead atoms. The summed E-state index contributed by atoms with van der Waals surface area (Å²) in [5.41, 5.74) is -0.484. The summed E-state index contributed by atoms with van der Waals surface area (Å²) >= 11 is 5.61. The Kier molecular flexibility index (Phi) is 16.8. The van der Waals surface area contributed by atoms with Gasteiger partial charge in [-0.2, -0.15) is 0 Å². The normalized spacial score (nSPS) is 11.7. The summed E-state index contributed by atoms with van der Waals surface area (Å²) in [4.78, 5) is 11.4. The molecular weight excluding hydrogens is 348 g/mol. The quantitative estimate of drug-likeness (QED) is 0.219. The van der Waals surface area contributed by atoms with Gasteiger partial charge in [-0.25, -0.2) is 4.79 Å².